The summed E-state index contributed by atoms with van der Waals surface area (Å²) >= 11 is 0. The molecule has 9 heteroatoms. The van der Waals surface area contributed by atoms with Crippen molar-refractivity contribution in [2.24, 2.45) is 0 Å². The number of hydrogen-bond donors (Lipinski definition) is 3. The van der Waals surface area contributed by atoms with Gasteiger partial charge in [-0.1, -0.05) is 60.7 Å². The van der Waals surface area contributed by atoms with Crippen LogP contribution >= 0.6 is 0 Å². The monoisotopic (exact) mass is 498 g/mol. The maximum absolute atomic E-state index is 13.2. The summed E-state index contributed by atoms with van der Waals surface area (Å²) < 4.78 is 16.8. The molecule has 3 N–H and O–H groups in total. The zero-order valence-corrected chi connectivity index (χ0v) is 20.8. The third kappa shape index (κ3) is 8.44. The van der Waals surface area contributed by atoms with Crippen LogP contribution in [0.25, 0.3) is 0 Å². The highest BCUT2D eigenvalue weighted by atomic mass is 16.7. The number of hydrogen-bond acceptors (Lipinski definition) is 7. The fraction of sp³-hybridized carbons (Fsp3) is 0.444. The first kappa shape index (κ1) is 27.3. The molecular weight excluding hydrogens is 464 g/mol. The molecule has 0 aliphatic carbocycles. The summed E-state index contributed by atoms with van der Waals surface area (Å²) in [6.07, 6.45) is 0.146. The van der Waals surface area contributed by atoms with E-state index in [-0.39, 0.29) is 25.6 Å². The Hall–Kier alpha value is -3.27. The van der Waals surface area contributed by atoms with E-state index in [1.165, 1.54) is 6.92 Å². The van der Waals surface area contributed by atoms with Crippen LogP contribution in [-0.2, 0) is 41.4 Å². The zero-order valence-electron chi connectivity index (χ0n) is 20.8. The third-order valence-corrected chi connectivity index (χ3v) is 5.78. The average molecular weight is 499 g/mol. The van der Waals surface area contributed by atoms with Crippen LogP contribution in [0.5, 0.6) is 0 Å². The van der Waals surface area contributed by atoms with Gasteiger partial charge in [-0.3, -0.25) is 19.7 Å². The standard InChI is InChI=1S/C27H34N2O7/c1-18(25(31)32)28-24(30)22(14-19-10-6-4-7-11-19)29-23(15-20-12-8-5-9-13-20)26(33)34-16-21-17-35-27(2,3)36-21/h4-13,18,21-23,29H,14-17H2,1-3H3,(H,28,30)(H,31,32)/t18-,21?,22+,23?/m1/s1. The second-order valence-corrected chi connectivity index (χ2v) is 9.30. The topological polar surface area (TPSA) is 123 Å². The van der Waals surface area contributed by atoms with Crippen molar-refractivity contribution in [3.05, 3.63) is 71.8 Å². The number of benzene rings is 2. The van der Waals surface area contributed by atoms with E-state index in [4.69, 9.17) is 14.2 Å². The lowest BCUT2D eigenvalue weighted by Gasteiger charge is -2.26. The number of ether oxygens (including phenoxy) is 3. The van der Waals surface area contributed by atoms with E-state index < -0.39 is 41.8 Å². The van der Waals surface area contributed by atoms with Crippen LogP contribution in [0.4, 0.5) is 0 Å². The Morgan fingerprint density at radius 3 is 2.06 bits per heavy atom. The number of nitrogens with one attached hydrogen (secondary N) is 2. The average Bonchev–Trinajstić information content (AvgIpc) is 3.21. The molecule has 1 saturated heterocycles. The van der Waals surface area contributed by atoms with Crippen LogP contribution in [0.15, 0.2) is 60.7 Å². The fourth-order valence-electron chi connectivity index (χ4n) is 3.88. The number of rotatable bonds is 12. The van der Waals surface area contributed by atoms with Gasteiger partial charge < -0.3 is 24.6 Å². The minimum absolute atomic E-state index is 0.0147. The van der Waals surface area contributed by atoms with Crippen LogP contribution in [0.2, 0.25) is 0 Å². The highest BCUT2D eigenvalue weighted by Gasteiger charge is 2.35. The van der Waals surface area contributed by atoms with Crippen LogP contribution in [0.3, 0.4) is 0 Å². The number of carboxylic acids is 1. The molecule has 1 aliphatic rings. The molecule has 0 saturated carbocycles. The molecule has 4 atom stereocenters. The van der Waals surface area contributed by atoms with Gasteiger partial charge in [-0.05, 0) is 44.7 Å². The molecule has 1 aliphatic heterocycles. The Kier molecular flexibility index (Phi) is 9.58. The Morgan fingerprint density at radius 1 is 1.00 bits per heavy atom. The van der Waals surface area contributed by atoms with E-state index >= 15 is 0 Å². The summed E-state index contributed by atoms with van der Waals surface area (Å²) in [5.41, 5.74) is 1.74. The molecule has 3 rings (SSSR count). The molecule has 1 heterocycles. The van der Waals surface area contributed by atoms with Crippen molar-refractivity contribution >= 4 is 17.8 Å². The first-order valence-corrected chi connectivity index (χ1v) is 12.0. The van der Waals surface area contributed by atoms with Gasteiger partial charge in [-0.25, -0.2) is 0 Å². The van der Waals surface area contributed by atoms with E-state index in [9.17, 15) is 19.5 Å². The molecule has 2 aromatic rings. The smallest absolute Gasteiger partial charge is 0.325 e. The SMILES string of the molecule is C[C@@H](NC(=O)[C@H](Cc1ccccc1)NC(Cc1ccccc1)C(=O)OCC1COC(C)(C)O1)C(=O)O. The van der Waals surface area contributed by atoms with Gasteiger partial charge in [0.25, 0.3) is 0 Å². The number of carbonyl (C=O) groups excluding carboxylic acids is 2. The largest absolute Gasteiger partial charge is 0.480 e. The normalized spacial score (nSPS) is 19.1. The second-order valence-electron chi connectivity index (χ2n) is 9.30. The van der Waals surface area contributed by atoms with Crippen LogP contribution in [0, 0.1) is 0 Å². The van der Waals surface area contributed by atoms with Gasteiger partial charge in [0.15, 0.2) is 5.79 Å². The van der Waals surface area contributed by atoms with Gasteiger partial charge in [0.2, 0.25) is 5.91 Å². The van der Waals surface area contributed by atoms with Gasteiger partial charge in [-0.15, -0.1) is 0 Å². The first-order valence-electron chi connectivity index (χ1n) is 12.0. The maximum atomic E-state index is 13.2. The molecule has 0 aromatic heterocycles. The van der Waals surface area contributed by atoms with E-state index in [1.807, 2.05) is 60.7 Å². The summed E-state index contributed by atoms with van der Waals surface area (Å²) in [4.78, 5) is 37.6. The maximum Gasteiger partial charge on any atom is 0.325 e. The Morgan fingerprint density at radius 2 is 1.56 bits per heavy atom. The summed E-state index contributed by atoms with van der Waals surface area (Å²) in [6, 6.07) is 15.9. The number of carboxylic acid groups (broad SMARTS) is 1. The van der Waals surface area contributed by atoms with Gasteiger partial charge in [-0.2, -0.15) is 0 Å². The van der Waals surface area contributed by atoms with E-state index in [2.05, 4.69) is 10.6 Å². The van der Waals surface area contributed by atoms with E-state index in [0.29, 0.717) is 6.61 Å². The molecule has 0 spiro atoms. The van der Waals surface area contributed by atoms with Crippen molar-refractivity contribution in [1.82, 2.24) is 10.6 Å². The first-order chi connectivity index (χ1) is 17.1. The molecule has 0 radical (unpaired) electrons. The van der Waals surface area contributed by atoms with E-state index in [0.717, 1.165) is 11.1 Å². The predicted molar refractivity (Wildman–Crippen MR) is 132 cm³/mol. The second kappa shape index (κ2) is 12.6. The lowest BCUT2D eigenvalue weighted by Crippen LogP contribution is -2.55. The predicted octanol–water partition coefficient (Wildman–Crippen LogP) is 2.08. The van der Waals surface area contributed by atoms with Crippen molar-refractivity contribution in [2.45, 2.75) is 63.6 Å². The molecule has 194 valence electrons. The van der Waals surface area contributed by atoms with Crippen molar-refractivity contribution in [3.63, 3.8) is 0 Å². The van der Waals surface area contributed by atoms with Crippen molar-refractivity contribution in [2.75, 3.05) is 13.2 Å². The lowest BCUT2D eigenvalue weighted by molar-refractivity contribution is -0.160. The van der Waals surface area contributed by atoms with Crippen molar-refractivity contribution < 1.29 is 33.7 Å². The Labute approximate surface area is 211 Å². The zero-order chi connectivity index (χ0) is 26.1. The van der Waals surface area contributed by atoms with Gasteiger partial charge in [0, 0.05) is 0 Å². The van der Waals surface area contributed by atoms with Crippen LogP contribution < -0.4 is 10.6 Å². The summed E-state index contributed by atoms with van der Waals surface area (Å²) in [5.74, 6) is -2.94. The quantitative estimate of drug-likeness (QED) is 0.380. The summed E-state index contributed by atoms with van der Waals surface area (Å²) in [7, 11) is 0. The van der Waals surface area contributed by atoms with Crippen LogP contribution in [0.1, 0.15) is 31.9 Å². The molecule has 1 amide bonds. The fourth-order valence-corrected chi connectivity index (χ4v) is 3.88. The van der Waals surface area contributed by atoms with Gasteiger partial charge in [0.05, 0.1) is 12.6 Å². The molecule has 9 nitrogen and oxygen atoms in total. The Bertz CT molecular complexity index is 1010. The number of amides is 1. The van der Waals surface area contributed by atoms with Gasteiger partial charge >= 0.3 is 11.9 Å². The number of carbonyl (C=O) groups is 3. The third-order valence-electron chi connectivity index (χ3n) is 5.78. The summed E-state index contributed by atoms with van der Waals surface area (Å²) in [5, 5.41) is 14.9. The highest BCUT2D eigenvalue weighted by molar-refractivity contribution is 5.87. The molecule has 1 fully saturated rings. The van der Waals surface area contributed by atoms with Crippen LogP contribution in [-0.4, -0.2) is 66.2 Å². The minimum Gasteiger partial charge on any atom is -0.480 e. The van der Waals surface area contributed by atoms with Gasteiger partial charge in [0.1, 0.15) is 24.8 Å². The number of aliphatic carboxylic acids is 1. The molecular formula is C27H34N2O7. The minimum atomic E-state index is -1.15. The molecule has 36 heavy (non-hydrogen) atoms. The van der Waals surface area contributed by atoms with Crippen molar-refractivity contribution in [3.8, 4) is 0 Å². The highest BCUT2D eigenvalue weighted by Crippen LogP contribution is 2.22. The summed E-state index contributed by atoms with van der Waals surface area (Å²) in [6.45, 7) is 5.30. The molecule has 2 unspecified atom stereocenters. The Balaban J connectivity index is 1.77. The molecule has 0 bridgehead atoms. The molecule has 2 aromatic carbocycles. The van der Waals surface area contributed by atoms with Crippen molar-refractivity contribution in [1.29, 1.82) is 0 Å². The lowest BCUT2D eigenvalue weighted by atomic mass is 10.0. The van der Waals surface area contributed by atoms with E-state index in [1.54, 1.807) is 13.8 Å². The number of esters is 1.